The van der Waals surface area contributed by atoms with Gasteiger partial charge in [0.25, 0.3) is 11.1 Å². The van der Waals surface area contributed by atoms with Gasteiger partial charge in [-0.1, -0.05) is 6.58 Å². The fourth-order valence-corrected chi connectivity index (χ4v) is 1.22. The molecule has 0 unspecified atom stereocenters. The summed E-state index contributed by atoms with van der Waals surface area (Å²) in [5, 5.41) is 0.272. The molecule has 0 aliphatic carbocycles. The number of thiocarbonyl (C=S) groups is 1. The van der Waals surface area contributed by atoms with E-state index in [0.29, 0.717) is 18.7 Å². The van der Waals surface area contributed by atoms with Gasteiger partial charge < -0.3 is 4.74 Å². The predicted octanol–water partition coefficient (Wildman–Crippen LogP) is 1.10. The molecule has 1 amide bonds. The molecular weight excluding hydrogens is 174 g/mol. The lowest BCUT2D eigenvalue weighted by Crippen LogP contribution is -2.42. The third-order valence-electron chi connectivity index (χ3n) is 1.58. The summed E-state index contributed by atoms with van der Waals surface area (Å²) in [6, 6.07) is 0. The fraction of sp³-hybridized carbons (Fsp3) is 0.500. The van der Waals surface area contributed by atoms with Gasteiger partial charge in [-0.15, -0.1) is 0 Å². The molecule has 0 aromatic heterocycles. The van der Waals surface area contributed by atoms with Crippen molar-refractivity contribution < 1.29 is 9.53 Å². The third-order valence-corrected chi connectivity index (χ3v) is 1.92. The average Bonchev–Trinajstić information content (AvgIpc) is 2.04. The molecule has 0 aromatic rings. The van der Waals surface area contributed by atoms with Crippen molar-refractivity contribution in [2.24, 2.45) is 0 Å². The zero-order valence-electron chi connectivity index (χ0n) is 7.00. The number of hydrogen-bond donors (Lipinski definition) is 0. The van der Waals surface area contributed by atoms with Crippen molar-refractivity contribution in [1.29, 1.82) is 0 Å². The lowest BCUT2D eigenvalue weighted by molar-refractivity contribution is -0.124. The topological polar surface area (TPSA) is 29.5 Å². The molecule has 3 nitrogen and oxygen atoms in total. The first kappa shape index (κ1) is 9.19. The molecule has 1 aliphatic heterocycles. The number of carbonyl (C=O) groups is 1. The quantitative estimate of drug-likeness (QED) is 0.452. The molecule has 4 heteroatoms. The number of ether oxygens (including phenoxy) is 1. The van der Waals surface area contributed by atoms with E-state index in [0.717, 1.165) is 6.42 Å². The van der Waals surface area contributed by atoms with Crippen LogP contribution < -0.4 is 0 Å². The third kappa shape index (κ3) is 1.82. The van der Waals surface area contributed by atoms with E-state index in [1.54, 1.807) is 6.92 Å². The first-order valence-corrected chi connectivity index (χ1v) is 4.18. The predicted molar refractivity (Wildman–Crippen MR) is 49.7 cm³/mol. The van der Waals surface area contributed by atoms with Gasteiger partial charge in [0, 0.05) is 12.1 Å². The van der Waals surface area contributed by atoms with Crippen molar-refractivity contribution in [3.63, 3.8) is 0 Å². The van der Waals surface area contributed by atoms with Gasteiger partial charge in [-0.05, 0) is 25.6 Å². The second-order valence-electron chi connectivity index (χ2n) is 2.71. The van der Waals surface area contributed by atoms with Crippen LogP contribution in [0.1, 0.15) is 13.3 Å². The van der Waals surface area contributed by atoms with Gasteiger partial charge in [0.05, 0.1) is 6.61 Å². The zero-order chi connectivity index (χ0) is 9.14. The van der Waals surface area contributed by atoms with Crippen molar-refractivity contribution in [3.8, 4) is 0 Å². The average molecular weight is 185 g/mol. The van der Waals surface area contributed by atoms with Crippen molar-refractivity contribution in [3.05, 3.63) is 12.2 Å². The van der Waals surface area contributed by atoms with Gasteiger partial charge in [0.2, 0.25) is 0 Å². The van der Waals surface area contributed by atoms with Gasteiger partial charge >= 0.3 is 0 Å². The Hall–Kier alpha value is -0.900. The maximum absolute atomic E-state index is 11.4. The monoisotopic (exact) mass is 185 g/mol. The van der Waals surface area contributed by atoms with Crippen molar-refractivity contribution >= 4 is 23.3 Å². The summed E-state index contributed by atoms with van der Waals surface area (Å²) in [6.45, 7) is 6.48. The molecule has 1 fully saturated rings. The molecule has 0 saturated carbocycles. The zero-order valence-corrected chi connectivity index (χ0v) is 7.82. The molecule has 0 aromatic carbocycles. The minimum absolute atomic E-state index is 0.139. The van der Waals surface area contributed by atoms with Gasteiger partial charge in [-0.25, -0.2) is 0 Å². The number of nitrogens with zero attached hydrogens (tertiary/aromatic N) is 1. The Labute approximate surface area is 77.0 Å². The largest absolute Gasteiger partial charge is 0.471 e. The summed E-state index contributed by atoms with van der Waals surface area (Å²) < 4.78 is 5.06. The van der Waals surface area contributed by atoms with E-state index in [1.807, 2.05) is 0 Å². The van der Waals surface area contributed by atoms with Crippen LogP contribution in [0.3, 0.4) is 0 Å². The van der Waals surface area contributed by atoms with E-state index < -0.39 is 0 Å². The summed E-state index contributed by atoms with van der Waals surface area (Å²) >= 11 is 4.86. The number of carbonyl (C=O) groups excluding carboxylic acids is 1. The Morgan fingerprint density at radius 3 is 2.92 bits per heavy atom. The first-order chi connectivity index (χ1) is 5.63. The van der Waals surface area contributed by atoms with E-state index in [4.69, 9.17) is 17.0 Å². The number of amides is 1. The maximum Gasteiger partial charge on any atom is 0.266 e. The number of hydrogen-bond acceptors (Lipinski definition) is 3. The summed E-state index contributed by atoms with van der Waals surface area (Å²) in [7, 11) is 0. The fourth-order valence-electron chi connectivity index (χ4n) is 0.966. The number of rotatable bonds is 1. The second kappa shape index (κ2) is 3.67. The van der Waals surface area contributed by atoms with E-state index in [-0.39, 0.29) is 11.1 Å². The van der Waals surface area contributed by atoms with Gasteiger partial charge in [-0.3, -0.25) is 9.69 Å². The van der Waals surface area contributed by atoms with Gasteiger partial charge in [0.15, 0.2) is 0 Å². The Bertz CT molecular complexity index is 237. The smallest absolute Gasteiger partial charge is 0.266 e. The SMILES string of the molecule is C=C(C)C(=O)N1CCCOC1=S. The van der Waals surface area contributed by atoms with Crippen LogP contribution in [0.5, 0.6) is 0 Å². The van der Waals surface area contributed by atoms with Crippen LogP contribution in [0.2, 0.25) is 0 Å². The maximum atomic E-state index is 11.4. The molecule has 66 valence electrons. The van der Waals surface area contributed by atoms with E-state index in [2.05, 4.69) is 6.58 Å². The standard InChI is InChI=1S/C8H11NO2S/c1-6(2)7(10)9-4-3-5-11-8(9)12/h1,3-5H2,2H3. The van der Waals surface area contributed by atoms with Crippen molar-refractivity contribution in [2.75, 3.05) is 13.2 Å². The Morgan fingerprint density at radius 1 is 1.75 bits per heavy atom. The van der Waals surface area contributed by atoms with Crippen molar-refractivity contribution in [1.82, 2.24) is 4.90 Å². The highest BCUT2D eigenvalue weighted by Crippen LogP contribution is 2.08. The molecule has 0 radical (unpaired) electrons. The van der Waals surface area contributed by atoms with Crippen LogP contribution in [-0.2, 0) is 9.53 Å². The first-order valence-electron chi connectivity index (χ1n) is 3.77. The molecule has 0 bridgehead atoms. The molecule has 1 rings (SSSR count). The Kier molecular flexibility index (Phi) is 2.81. The van der Waals surface area contributed by atoms with Gasteiger partial charge in [-0.2, -0.15) is 0 Å². The molecule has 1 aliphatic rings. The van der Waals surface area contributed by atoms with Crippen molar-refractivity contribution in [2.45, 2.75) is 13.3 Å². The van der Waals surface area contributed by atoms with Crippen LogP contribution in [0.25, 0.3) is 0 Å². The molecule has 1 saturated heterocycles. The normalized spacial score (nSPS) is 17.1. The second-order valence-corrected chi connectivity index (χ2v) is 3.05. The highest BCUT2D eigenvalue weighted by molar-refractivity contribution is 7.80. The van der Waals surface area contributed by atoms with Crippen LogP contribution in [0, 0.1) is 0 Å². The lowest BCUT2D eigenvalue weighted by atomic mass is 10.3. The molecule has 12 heavy (non-hydrogen) atoms. The van der Waals surface area contributed by atoms with Crippen LogP contribution in [-0.4, -0.2) is 29.1 Å². The van der Waals surface area contributed by atoms with Crippen LogP contribution >= 0.6 is 12.2 Å². The molecule has 0 spiro atoms. The molecular formula is C8H11NO2S. The highest BCUT2D eigenvalue weighted by Gasteiger charge is 2.22. The summed E-state index contributed by atoms with van der Waals surface area (Å²) in [4.78, 5) is 12.8. The minimum Gasteiger partial charge on any atom is -0.471 e. The molecule has 0 atom stereocenters. The van der Waals surface area contributed by atoms with Crippen LogP contribution in [0.15, 0.2) is 12.2 Å². The van der Waals surface area contributed by atoms with Gasteiger partial charge in [0.1, 0.15) is 0 Å². The lowest BCUT2D eigenvalue weighted by Gasteiger charge is -2.27. The summed E-state index contributed by atoms with van der Waals surface area (Å²) in [6.07, 6.45) is 0.832. The molecule has 0 N–H and O–H groups in total. The van der Waals surface area contributed by atoms with E-state index in [9.17, 15) is 4.79 Å². The molecule has 1 heterocycles. The minimum atomic E-state index is -0.139. The van der Waals surface area contributed by atoms with E-state index >= 15 is 0 Å². The summed E-state index contributed by atoms with van der Waals surface area (Å²) in [5.41, 5.74) is 0.489. The highest BCUT2D eigenvalue weighted by atomic mass is 32.1. The van der Waals surface area contributed by atoms with Crippen LogP contribution in [0.4, 0.5) is 0 Å². The Morgan fingerprint density at radius 2 is 2.42 bits per heavy atom. The summed E-state index contributed by atoms with van der Waals surface area (Å²) in [5.74, 6) is -0.139. The Balaban J connectivity index is 2.66. The van der Waals surface area contributed by atoms with E-state index in [1.165, 1.54) is 4.90 Å².